The van der Waals surface area contributed by atoms with Gasteiger partial charge in [0.05, 0.1) is 6.33 Å². The molecular formula is C13H17N3O. The van der Waals surface area contributed by atoms with E-state index in [9.17, 15) is 5.11 Å². The lowest BCUT2D eigenvalue weighted by atomic mass is 10.1. The van der Waals surface area contributed by atoms with Gasteiger partial charge in [-0.1, -0.05) is 18.2 Å². The number of phenols is 1. The molecule has 4 heteroatoms. The van der Waals surface area contributed by atoms with Crippen molar-refractivity contribution in [1.29, 1.82) is 0 Å². The van der Waals surface area contributed by atoms with Crippen LogP contribution >= 0.6 is 0 Å². The molecule has 0 bridgehead atoms. The normalized spacial score (nSPS) is 12.5. The minimum atomic E-state index is 0.329. The highest BCUT2D eigenvalue weighted by atomic mass is 16.3. The van der Waals surface area contributed by atoms with Gasteiger partial charge < -0.3 is 15.4 Å². The molecule has 0 spiro atoms. The summed E-state index contributed by atoms with van der Waals surface area (Å²) in [6, 6.07) is 7.71. The van der Waals surface area contributed by atoms with E-state index in [1.165, 1.54) is 0 Å². The fourth-order valence-corrected chi connectivity index (χ4v) is 1.74. The van der Waals surface area contributed by atoms with Gasteiger partial charge in [-0.15, -0.1) is 0 Å². The smallest absolute Gasteiger partial charge is 0.120 e. The first-order chi connectivity index (χ1) is 8.25. The second kappa shape index (κ2) is 5.50. The van der Waals surface area contributed by atoms with Crippen LogP contribution in [0.2, 0.25) is 0 Å². The van der Waals surface area contributed by atoms with Crippen molar-refractivity contribution in [3.05, 3.63) is 48.0 Å². The average molecular weight is 231 g/mol. The van der Waals surface area contributed by atoms with Gasteiger partial charge in [0, 0.05) is 36.5 Å². The highest BCUT2D eigenvalue weighted by Gasteiger charge is 2.05. The van der Waals surface area contributed by atoms with Crippen molar-refractivity contribution in [2.75, 3.05) is 0 Å². The molecule has 0 saturated heterocycles. The number of benzene rings is 1. The fraction of sp³-hybridized carbons (Fsp3) is 0.308. The van der Waals surface area contributed by atoms with Crippen LogP contribution in [0.25, 0.3) is 0 Å². The van der Waals surface area contributed by atoms with E-state index in [1.807, 2.05) is 24.4 Å². The zero-order valence-corrected chi connectivity index (χ0v) is 9.85. The Morgan fingerprint density at radius 3 is 2.94 bits per heavy atom. The van der Waals surface area contributed by atoms with Crippen molar-refractivity contribution in [3.63, 3.8) is 0 Å². The van der Waals surface area contributed by atoms with Crippen LogP contribution < -0.4 is 5.32 Å². The zero-order valence-electron chi connectivity index (χ0n) is 9.85. The lowest BCUT2D eigenvalue weighted by Crippen LogP contribution is -2.27. The third-order valence-corrected chi connectivity index (χ3v) is 2.71. The predicted octanol–water partition coefficient (Wildman–Crippen LogP) is 1.84. The van der Waals surface area contributed by atoms with Gasteiger partial charge >= 0.3 is 0 Å². The number of aromatic hydroxyl groups is 1. The molecule has 90 valence electrons. The summed E-state index contributed by atoms with van der Waals surface area (Å²) in [6.07, 6.45) is 4.41. The minimum Gasteiger partial charge on any atom is -0.508 e. The fourth-order valence-electron chi connectivity index (χ4n) is 1.74. The van der Waals surface area contributed by atoms with E-state index in [2.05, 4.69) is 22.2 Å². The summed E-state index contributed by atoms with van der Waals surface area (Å²) in [6.45, 7) is 2.78. The van der Waals surface area contributed by atoms with Crippen molar-refractivity contribution in [3.8, 4) is 5.75 Å². The number of H-pyrrole nitrogens is 1. The van der Waals surface area contributed by atoms with E-state index in [0.29, 0.717) is 18.3 Å². The summed E-state index contributed by atoms with van der Waals surface area (Å²) in [5, 5.41) is 13.0. The Balaban J connectivity index is 1.84. The van der Waals surface area contributed by atoms with E-state index < -0.39 is 0 Å². The molecule has 1 heterocycles. The molecule has 3 N–H and O–H groups in total. The maximum absolute atomic E-state index is 9.62. The molecule has 2 aromatic rings. The Bertz CT molecular complexity index is 453. The summed E-state index contributed by atoms with van der Waals surface area (Å²) < 4.78 is 0. The molecule has 0 aliphatic heterocycles. The molecule has 0 amide bonds. The number of aromatic nitrogens is 2. The van der Waals surface area contributed by atoms with Crippen LogP contribution in [0, 0.1) is 0 Å². The zero-order chi connectivity index (χ0) is 12.1. The van der Waals surface area contributed by atoms with Gasteiger partial charge in [0.2, 0.25) is 0 Å². The van der Waals surface area contributed by atoms with Gasteiger partial charge in [-0.3, -0.25) is 0 Å². The van der Waals surface area contributed by atoms with Crippen LogP contribution in [-0.2, 0) is 13.0 Å². The van der Waals surface area contributed by atoms with E-state index >= 15 is 0 Å². The summed E-state index contributed by atoms with van der Waals surface area (Å²) in [4.78, 5) is 7.06. The number of rotatable bonds is 5. The first kappa shape index (κ1) is 11.7. The maximum atomic E-state index is 9.62. The number of hydrogen-bond acceptors (Lipinski definition) is 3. The van der Waals surface area contributed by atoms with Crippen LogP contribution in [0.5, 0.6) is 5.75 Å². The Labute approximate surface area is 101 Å². The largest absolute Gasteiger partial charge is 0.508 e. The predicted molar refractivity (Wildman–Crippen MR) is 66.7 cm³/mol. The van der Waals surface area contributed by atoms with Crippen molar-refractivity contribution >= 4 is 0 Å². The minimum absolute atomic E-state index is 0.329. The third kappa shape index (κ3) is 3.32. The molecule has 0 aliphatic carbocycles. The molecule has 4 nitrogen and oxygen atoms in total. The number of para-hydroxylation sites is 1. The average Bonchev–Trinajstić information content (AvgIpc) is 2.81. The number of aromatic amines is 1. The van der Waals surface area contributed by atoms with Gasteiger partial charge in [-0.05, 0) is 13.0 Å². The Hall–Kier alpha value is -1.81. The lowest BCUT2D eigenvalue weighted by Gasteiger charge is -2.13. The van der Waals surface area contributed by atoms with Crippen LogP contribution in [0.1, 0.15) is 18.2 Å². The topological polar surface area (TPSA) is 60.9 Å². The van der Waals surface area contributed by atoms with Crippen LogP contribution in [0.4, 0.5) is 0 Å². The first-order valence-corrected chi connectivity index (χ1v) is 5.73. The van der Waals surface area contributed by atoms with Crippen LogP contribution in [-0.4, -0.2) is 21.1 Å². The first-order valence-electron chi connectivity index (χ1n) is 5.73. The van der Waals surface area contributed by atoms with E-state index in [-0.39, 0.29) is 0 Å². The van der Waals surface area contributed by atoms with Gasteiger partial charge in [-0.2, -0.15) is 0 Å². The van der Waals surface area contributed by atoms with E-state index in [1.54, 1.807) is 12.4 Å². The highest BCUT2D eigenvalue weighted by molar-refractivity contribution is 5.31. The molecule has 1 aromatic heterocycles. The quantitative estimate of drug-likeness (QED) is 0.735. The molecule has 1 unspecified atom stereocenters. The third-order valence-electron chi connectivity index (χ3n) is 2.71. The molecule has 1 atom stereocenters. The molecule has 1 aromatic carbocycles. The summed E-state index contributed by atoms with van der Waals surface area (Å²) >= 11 is 0. The molecule has 0 fully saturated rings. The second-order valence-electron chi connectivity index (χ2n) is 4.19. The van der Waals surface area contributed by atoms with Crippen LogP contribution in [0.15, 0.2) is 36.8 Å². The molecule has 0 aliphatic rings. The van der Waals surface area contributed by atoms with Crippen molar-refractivity contribution < 1.29 is 5.11 Å². The van der Waals surface area contributed by atoms with E-state index in [4.69, 9.17) is 0 Å². The van der Waals surface area contributed by atoms with Crippen LogP contribution in [0.3, 0.4) is 0 Å². The number of nitrogens with zero attached hydrogens (tertiary/aromatic N) is 1. The Morgan fingerprint density at radius 2 is 2.24 bits per heavy atom. The highest BCUT2D eigenvalue weighted by Crippen LogP contribution is 2.15. The van der Waals surface area contributed by atoms with Gasteiger partial charge in [0.1, 0.15) is 5.75 Å². The maximum Gasteiger partial charge on any atom is 0.120 e. The van der Waals surface area contributed by atoms with Gasteiger partial charge in [0.25, 0.3) is 0 Å². The van der Waals surface area contributed by atoms with Crippen molar-refractivity contribution in [2.24, 2.45) is 0 Å². The lowest BCUT2D eigenvalue weighted by molar-refractivity contribution is 0.458. The molecule has 2 rings (SSSR count). The number of imidazole rings is 1. The summed E-state index contributed by atoms with van der Waals surface area (Å²) in [5.74, 6) is 0.341. The molecule has 0 saturated carbocycles. The number of nitrogens with one attached hydrogen (secondary N) is 2. The molecule has 17 heavy (non-hydrogen) atoms. The SMILES string of the molecule is CC(Cc1cnc[nH]1)NCc1ccccc1O. The van der Waals surface area contributed by atoms with Crippen molar-refractivity contribution in [2.45, 2.75) is 25.9 Å². The van der Waals surface area contributed by atoms with E-state index in [0.717, 1.165) is 17.7 Å². The Morgan fingerprint density at radius 1 is 1.41 bits per heavy atom. The summed E-state index contributed by atoms with van der Waals surface area (Å²) in [7, 11) is 0. The monoisotopic (exact) mass is 231 g/mol. The molecule has 0 radical (unpaired) electrons. The summed E-state index contributed by atoms with van der Waals surface area (Å²) in [5.41, 5.74) is 2.03. The number of hydrogen-bond donors (Lipinski definition) is 3. The Kier molecular flexibility index (Phi) is 3.77. The standard InChI is InChI=1S/C13H17N3O/c1-10(6-12-8-14-9-16-12)15-7-11-4-2-3-5-13(11)17/h2-5,8-10,15,17H,6-7H2,1H3,(H,14,16). The second-order valence-corrected chi connectivity index (χ2v) is 4.19. The number of phenolic OH excluding ortho intramolecular Hbond substituents is 1. The van der Waals surface area contributed by atoms with Gasteiger partial charge in [-0.25, -0.2) is 4.98 Å². The van der Waals surface area contributed by atoms with Gasteiger partial charge in [0.15, 0.2) is 0 Å². The van der Waals surface area contributed by atoms with Crippen molar-refractivity contribution in [1.82, 2.24) is 15.3 Å². The molecular weight excluding hydrogens is 214 g/mol.